The maximum Gasteiger partial charge on any atom is 0.323 e. The third kappa shape index (κ3) is 4.60. The summed E-state index contributed by atoms with van der Waals surface area (Å²) in [6, 6.07) is 14.5. The van der Waals surface area contributed by atoms with Crippen molar-refractivity contribution in [3.63, 3.8) is 0 Å². The number of rotatable bonds is 6. The van der Waals surface area contributed by atoms with Crippen LogP contribution in [-0.4, -0.2) is 35.1 Å². The Bertz CT molecular complexity index is 988. The molecule has 4 rings (SSSR count). The van der Waals surface area contributed by atoms with Crippen molar-refractivity contribution >= 4 is 17.4 Å². The van der Waals surface area contributed by atoms with Gasteiger partial charge < -0.3 is 24.8 Å². The minimum atomic E-state index is -0.372. The summed E-state index contributed by atoms with van der Waals surface area (Å²) >= 11 is 0. The molecule has 3 aromatic rings. The molecule has 2 heterocycles. The molecular formula is C21H22N4O4. The van der Waals surface area contributed by atoms with Gasteiger partial charge in [-0.3, -0.25) is 4.68 Å². The fourth-order valence-corrected chi connectivity index (χ4v) is 3.03. The number of urea groups is 1. The van der Waals surface area contributed by atoms with E-state index < -0.39 is 0 Å². The second-order valence-corrected chi connectivity index (χ2v) is 6.46. The Hall–Kier alpha value is -3.68. The molecule has 0 radical (unpaired) electrons. The van der Waals surface area contributed by atoms with Crippen LogP contribution in [0, 0.1) is 0 Å². The highest BCUT2D eigenvalue weighted by Gasteiger charge is 2.21. The number of ether oxygens (including phenoxy) is 3. The van der Waals surface area contributed by atoms with Gasteiger partial charge in [0.25, 0.3) is 0 Å². The Morgan fingerprint density at radius 3 is 2.83 bits per heavy atom. The number of fused-ring (bicyclic) bond motifs is 1. The lowest BCUT2D eigenvalue weighted by Gasteiger charge is -2.26. The summed E-state index contributed by atoms with van der Waals surface area (Å²) in [5.74, 6) is 2.09. The van der Waals surface area contributed by atoms with Crippen LogP contribution in [0.1, 0.15) is 6.92 Å². The highest BCUT2D eigenvalue weighted by atomic mass is 16.6. The van der Waals surface area contributed by atoms with Crippen LogP contribution in [0.3, 0.4) is 0 Å². The van der Waals surface area contributed by atoms with Crippen molar-refractivity contribution in [1.29, 1.82) is 0 Å². The number of benzene rings is 2. The van der Waals surface area contributed by atoms with Gasteiger partial charge in [-0.1, -0.05) is 24.3 Å². The molecule has 0 saturated heterocycles. The Morgan fingerprint density at radius 1 is 1.17 bits per heavy atom. The molecule has 1 aromatic heterocycles. The van der Waals surface area contributed by atoms with Crippen LogP contribution in [0.15, 0.2) is 60.9 Å². The van der Waals surface area contributed by atoms with Crippen LogP contribution < -0.4 is 24.8 Å². The summed E-state index contributed by atoms with van der Waals surface area (Å²) in [5.41, 5.74) is 1.18. The van der Waals surface area contributed by atoms with E-state index in [9.17, 15) is 4.79 Å². The molecular weight excluding hydrogens is 372 g/mol. The number of nitrogens with zero attached hydrogens (tertiary/aromatic N) is 2. The highest BCUT2D eigenvalue weighted by molar-refractivity contribution is 6.00. The largest absolute Gasteiger partial charge is 0.492 e. The molecule has 0 saturated carbocycles. The number of hydrogen-bond donors (Lipinski definition) is 2. The second kappa shape index (κ2) is 8.55. The van der Waals surface area contributed by atoms with Gasteiger partial charge in [-0.25, -0.2) is 4.79 Å². The molecule has 1 aliphatic rings. The standard InChI is InChI=1S/C21H22N4O4/c1-2-27-18-8-4-3-7-17(18)24-21(26)23-15-11-22-25(12-15)13-16-14-28-19-9-5-6-10-20(19)29-16/h3-12,16H,2,13-14H2,1H3,(H2,23,24,26)/t16-/m1/s1. The molecule has 8 heteroatoms. The SMILES string of the molecule is CCOc1ccccc1NC(=O)Nc1cnn(C[C@@H]2COc3ccccc3O2)c1. The van der Waals surface area contributed by atoms with Gasteiger partial charge in [0.2, 0.25) is 0 Å². The topological polar surface area (TPSA) is 86.6 Å². The van der Waals surface area contributed by atoms with E-state index in [-0.39, 0.29) is 12.1 Å². The second-order valence-electron chi connectivity index (χ2n) is 6.46. The Labute approximate surface area is 168 Å². The number of carbonyl (C=O) groups excluding carboxylic acids is 1. The van der Waals surface area contributed by atoms with Gasteiger partial charge in [-0.05, 0) is 31.2 Å². The van der Waals surface area contributed by atoms with Gasteiger partial charge in [0, 0.05) is 6.20 Å². The van der Waals surface area contributed by atoms with Gasteiger partial charge in [0.05, 0.1) is 30.7 Å². The minimum absolute atomic E-state index is 0.162. The number of carbonyl (C=O) groups is 1. The molecule has 2 aromatic carbocycles. The summed E-state index contributed by atoms with van der Waals surface area (Å²) in [5, 5.41) is 9.85. The lowest BCUT2D eigenvalue weighted by Crippen LogP contribution is -2.33. The fraction of sp³-hybridized carbons (Fsp3) is 0.238. The first-order valence-corrected chi connectivity index (χ1v) is 9.42. The zero-order valence-electron chi connectivity index (χ0n) is 16.0. The molecule has 0 unspecified atom stereocenters. The molecule has 0 aliphatic carbocycles. The van der Waals surface area contributed by atoms with Crippen molar-refractivity contribution in [1.82, 2.24) is 9.78 Å². The Kier molecular flexibility index (Phi) is 5.51. The summed E-state index contributed by atoms with van der Waals surface area (Å²) < 4.78 is 18.9. The smallest absolute Gasteiger partial charge is 0.323 e. The van der Waals surface area contributed by atoms with E-state index in [1.165, 1.54) is 0 Å². The van der Waals surface area contributed by atoms with Crippen LogP contribution in [0.4, 0.5) is 16.2 Å². The number of para-hydroxylation sites is 4. The Balaban J connectivity index is 1.33. The number of hydrogen-bond acceptors (Lipinski definition) is 5. The molecule has 8 nitrogen and oxygen atoms in total. The summed E-state index contributed by atoms with van der Waals surface area (Å²) in [6.45, 7) is 3.36. The van der Waals surface area contributed by atoms with E-state index >= 15 is 0 Å². The monoisotopic (exact) mass is 394 g/mol. The number of aromatic nitrogens is 2. The molecule has 0 fully saturated rings. The summed E-state index contributed by atoms with van der Waals surface area (Å²) in [6.07, 6.45) is 3.17. The average Bonchev–Trinajstić information content (AvgIpc) is 3.16. The highest BCUT2D eigenvalue weighted by Crippen LogP contribution is 2.31. The van der Waals surface area contributed by atoms with E-state index in [2.05, 4.69) is 15.7 Å². The first-order chi connectivity index (χ1) is 14.2. The minimum Gasteiger partial charge on any atom is -0.492 e. The van der Waals surface area contributed by atoms with Crippen LogP contribution in [-0.2, 0) is 6.54 Å². The third-order valence-electron chi connectivity index (χ3n) is 4.28. The molecule has 2 N–H and O–H groups in total. The molecule has 0 bridgehead atoms. The average molecular weight is 394 g/mol. The summed E-state index contributed by atoms with van der Waals surface area (Å²) in [7, 11) is 0. The predicted octanol–water partition coefficient (Wildman–Crippen LogP) is 3.77. The van der Waals surface area contributed by atoms with Gasteiger partial charge in [-0.15, -0.1) is 0 Å². The zero-order chi connectivity index (χ0) is 20.1. The normalized spacial score (nSPS) is 14.9. The van der Waals surface area contributed by atoms with Crippen LogP contribution in [0.5, 0.6) is 17.2 Å². The molecule has 1 atom stereocenters. The van der Waals surface area contributed by atoms with Gasteiger partial charge in [0.1, 0.15) is 12.4 Å². The number of anilines is 2. The van der Waals surface area contributed by atoms with Gasteiger partial charge >= 0.3 is 6.03 Å². The van der Waals surface area contributed by atoms with Crippen molar-refractivity contribution in [2.24, 2.45) is 0 Å². The molecule has 0 spiro atoms. The van der Waals surface area contributed by atoms with Crippen molar-refractivity contribution in [2.45, 2.75) is 19.6 Å². The maximum atomic E-state index is 12.3. The van der Waals surface area contributed by atoms with E-state index in [0.717, 1.165) is 11.5 Å². The maximum absolute atomic E-state index is 12.3. The van der Waals surface area contributed by atoms with Crippen molar-refractivity contribution in [2.75, 3.05) is 23.8 Å². The van der Waals surface area contributed by atoms with Crippen LogP contribution >= 0.6 is 0 Å². The van der Waals surface area contributed by atoms with E-state index in [4.69, 9.17) is 14.2 Å². The summed E-state index contributed by atoms with van der Waals surface area (Å²) in [4.78, 5) is 12.3. The molecule has 150 valence electrons. The van der Waals surface area contributed by atoms with Crippen molar-refractivity contribution in [3.8, 4) is 17.2 Å². The van der Waals surface area contributed by atoms with Gasteiger partial charge in [0.15, 0.2) is 17.6 Å². The first kappa shape index (κ1) is 18.7. The lowest BCUT2D eigenvalue weighted by atomic mass is 10.2. The predicted molar refractivity (Wildman–Crippen MR) is 109 cm³/mol. The fourth-order valence-electron chi connectivity index (χ4n) is 3.03. The van der Waals surface area contributed by atoms with Gasteiger partial charge in [-0.2, -0.15) is 5.10 Å². The number of amides is 2. The molecule has 2 amide bonds. The van der Waals surface area contributed by atoms with E-state index in [1.54, 1.807) is 23.1 Å². The number of nitrogens with one attached hydrogen (secondary N) is 2. The van der Waals surface area contributed by atoms with Crippen LogP contribution in [0.2, 0.25) is 0 Å². The van der Waals surface area contributed by atoms with Crippen molar-refractivity contribution in [3.05, 3.63) is 60.9 Å². The Morgan fingerprint density at radius 2 is 1.97 bits per heavy atom. The van der Waals surface area contributed by atoms with E-state index in [0.29, 0.717) is 36.9 Å². The quantitative estimate of drug-likeness (QED) is 0.665. The van der Waals surface area contributed by atoms with Crippen molar-refractivity contribution < 1.29 is 19.0 Å². The molecule has 1 aliphatic heterocycles. The molecule has 29 heavy (non-hydrogen) atoms. The lowest BCUT2D eigenvalue weighted by molar-refractivity contribution is 0.0759. The van der Waals surface area contributed by atoms with Crippen LogP contribution in [0.25, 0.3) is 0 Å². The zero-order valence-corrected chi connectivity index (χ0v) is 16.0. The third-order valence-corrected chi connectivity index (χ3v) is 4.28. The van der Waals surface area contributed by atoms with E-state index in [1.807, 2.05) is 49.4 Å². The first-order valence-electron chi connectivity index (χ1n) is 9.42.